The van der Waals surface area contributed by atoms with Gasteiger partial charge in [-0.3, -0.25) is 4.79 Å². The minimum atomic E-state index is -0.160. The van der Waals surface area contributed by atoms with Gasteiger partial charge in [0.15, 0.2) is 5.82 Å². The van der Waals surface area contributed by atoms with Gasteiger partial charge in [0.2, 0.25) is 5.78 Å². The number of nitrogens with zero attached hydrogens (tertiary/aromatic N) is 2. The largest absolute Gasteiger partial charge is 0.331 e. The van der Waals surface area contributed by atoms with E-state index in [0.29, 0.717) is 11.7 Å². The first kappa shape index (κ1) is 9.71. The number of Topliss-reactive ketones (excluding diaryl/α,β-unsaturated/α-hetero) is 1. The maximum Gasteiger partial charge on any atom is 0.293 e. The van der Waals surface area contributed by atoms with Crippen LogP contribution in [0.3, 0.4) is 0 Å². The third kappa shape index (κ3) is 1.97. The Morgan fingerprint density at radius 3 is 3.07 bits per heavy atom. The highest BCUT2D eigenvalue weighted by atomic mass is 32.2. The molecule has 14 heavy (non-hydrogen) atoms. The van der Waals surface area contributed by atoms with E-state index in [4.69, 9.17) is 4.52 Å². The Morgan fingerprint density at radius 1 is 1.64 bits per heavy atom. The van der Waals surface area contributed by atoms with Crippen molar-refractivity contribution in [3.8, 4) is 0 Å². The van der Waals surface area contributed by atoms with E-state index in [2.05, 4.69) is 10.1 Å². The van der Waals surface area contributed by atoms with Gasteiger partial charge in [0.05, 0.1) is 0 Å². The molecule has 1 atom stereocenters. The summed E-state index contributed by atoms with van der Waals surface area (Å²) in [6.45, 7) is 1.44. The molecule has 1 aliphatic heterocycles. The van der Waals surface area contributed by atoms with E-state index in [9.17, 15) is 4.79 Å². The van der Waals surface area contributed by atoms with Gasteiger partial charge in [-0.25, -0.2) is 0 Å². The molecule has 76 valence electrons. The van der Waals surface area contributed by atoms with Gasteiger partial charge in [0.1, 0.15) is 0 Å². The van der Waals surface area contributed by atoms with Crippen molar-refractivity contribution >= 4 is 17.5 Å². The van der Waals surface area contributed by atoms with Gasteiger partial charge >= 0.3 is 0 Å². The number of carbonyl (C=O) groups excluding carboxylic acids is 1. The van der Waals surface area contributed by atoms with Crippen molar-refractivity contribution in [3.05, 3.63) is 11.7 Å². The van der Waals surface area contributed by atoms with Crippen LogP contribution in [0.2, 0.25) is 0 Å². The van der Waals surface area contributed by atoms with Gasteiger partial charge in [0.25, 0.3) is 5.89 Å². The molecule has 2 rings (SSSR count). The van der Waals surface area contributed by atoms with Crippen LogP contribution in [-0.4, -0.2) is 27.4 Å². The Balaban J connectivity index is 2.11. The van der Waals surface area contributed by atoms with E-state index >= 15 is 0 Å². The van der Waals surface area contributed by atoms with Gasteiger partial charge in [-0.1, -0.05) is 5.16 Å². The molecule has 0 spiro atoms. The fraction of sp³-hybridized carbons (Fsp3) is 0.667. The Morgan fingerprint density at radius 2 is 2.50 bits per heavy atom. The summed E-state index contributed by atoms with van der Waals surface area (Å²) in [7, 11) is 0. The SMILES string of the molecule is CC(=O)c1nc(C2CCCSC2)no1. The average Bonchev–Trinajstić information content (AvgIpc) is 2.68. The molecule has 0 amide bonds. The van der Waals surface area contributed by atoms with Gasteiger partial charge in [0, 0.05) is 18.6 Å². The number of aromatic nitrogens is 2. The summed E-state index contributed by atoms with van der Waals surface area (Å²) in [5, 5.41) is 3.84. The van der Waals surface area contributed by atoms with E-state index in [1.165, 1.54) is 19.1 Å². The van der Waals surface area contributed by atoms with Gasteiger partial charge in [-0.05, 0) is 18.6 Å². The number of rotatable bonds is 2. The molecule has 0 bridgehead atoms. The Hall–Kier alpha value is -0.840. The second-order valence-electron chi connectivity index (χ2n) is 3.43. The zero-order valence-corrected chi connectivity index (χ0v) is 8.84. The van der Waals surface area contributed by atoms with Crippen molar-refractivity contribution in [2.24, 2.45) is 0 Å². The molecule has 1 aliphatic rings. The number of hydrogen-bond acceptors (Lipinski definition) is 5. The summed E-state index contributed by atoms with van der Waals surface area (Å²) in [4.78, 5) is 15.0. The second kappa shape index (κ2) is 4.13. The van der Waals surface area contributed by atoms with Crippen LogP contribution in [0.15, 0.2) is 4.52 Å². The van der Waals surface area contributed by atoms with Crippen LogP contribution in [0, 0.1) is 0 Å². The lowest BCUT2D eigenvalue weighted by molar-refractivity contribution is 0.0972. The lowest BCUT2D eigenvalue weighted by Crippen LogP contribution is -2.10. The molecule has 2 heterocycles. The first-order valence-electron chi connectivity index (χ1n) is 4.69. The Bertz CT molecular complexity index is 331. The van der Waals surface area contributed by atoms with Crippen LogP contribution < -0.4 is 0 Å². The van der Waals surface area contributed by atoms with Crippen molar-refractivity contribution in [2.45, 2.75) is 25.7 Å². The Kier molecular flexibility index (Phi) is 2.86. The summed E-state index contributed by atoms with van der Waals surface area (Å²) >= 11 is 1.91. The summed E-state index contributed by atoms with van der Waals surface area (Å²) in [5.41, 5.74) is 0. The summed E-state index contributed by atoms with van der Waals surface area (Å²) in [6.07, 6.45) is 2.29. The third-order valence-corrected chi connectivity index (χ3v) is 3.48. The minimum Gasteiger partial charge on any atom is -0.331 e. The molecule has 0 saturated carbocycles. The van der Waals surface area contributed by atoms with Crippen LogP contribution >= 0.6 is 11.8 Å². The highest BCUT2D eigenvalue weighted by molar-refractivity contribution is 7.99. The smallest absolute Gasteiger partial charge is 0.293 e. The molecule has 4 nitrogen and oxygen atoms in total. The van der Waals surface area contributed by atoms with Crippen molar-refractivity contribution in [1.82, 2.24) is 10.1 Å². The standard InChI is InChI=1S/C9H12N2O2S/c1-6(12)9-10-8(11-13-9)7-3-2-4-14-5-7/h7H,2-5H2,1H3. The molecular formula is C9H12N2O2S. The predicted octanol–water partition coefficient (Wildman–Crippen LogP) is 1.88. The van der Waals surface area contributed by atoms with Gasteiger partial charge in [-0.2, -0.15) is 16.7 Å². The van der Waals surface area contributed by atoms with E-state index in [-0.39, 0.29) is 11.7 Å². The van der Waals surface area contributed by atoms with Crippen LogP contribution in [-0.2, 0) is 0 Å². The molecule has 0 radical (unpaired) electrons. The van der Waals surface area contributed by atoms with Crippen molar-refractivity contribution in [3.63, 3.8) is 0 Å². The van der Waals surface area contributed by atoms with Crippen molar-refractivity contribution in [1.29, 1.82) is 0 Å². The average molecular weight is 212 g/mol. The van der Waals surface area contributed by atoms with Crippen LogP contribution in [0.5, 0.6) is 0 Å². The summed E-state index contributed by atoms with van der Waals surface area (Å²) in [5.74, 6) is 3.29. The van der Waals surface area contributed by atoms with Gasteiger partial charge < -0.3 is 4.52 Å². The summed E-state index contributed by atoms with van der Waals surface area (Å²) in [6, 6.07) is 0. The highest BCUT2D eigenvalue weighted by Gasteiger charge is 2.22. The molecule has 0 aliphatic carbocycles. The number of ketones is 1. The second-order valence-corrected chi connectivity index (χ2v) is 4.58. The fourth-order valence-corrected chi connectivity index (χ4v) is 2.63. The molecule has 1 fully saturated rings. The zero-order chi connectivity index (χ0) is 9.97. The molecule has 1 aromatic rings. The molecule has 1 unspecified atom stereocenters. The Labute approximate surface area is 86.4 Å². The third-order valence-electron chi connectivity index (χ3n) is 2.27. The monoisotopic (exact) mass is 212 g/mol. The maximum atomic E-state index is 10.9. The van der Waals surface area contributed by atoms with Crippen LogP contribution in [0.1, 0.15) is 42.2 Å². The quantitative estimate of drug-likeness (QED) is 0.700. The first-order valence-corrected chi connectivity index (χ1v) is 5.85. The lowest BCUT2D eigenvalue weighted by atomic mass is 10.1. The topological polar surface area (TPSA) is 56.0 Å². The van der Waals surface area contributed by atoms with E-state index in [0.717, 1.165) is 12.2 Å². The first-order chi connectivity index (χ1) is 6.77. The number of thioether (sulfide) groups is 1. The zero-order valence-electron chi connectivity index (χ0n) is 8.02. The van der Waals surface area contributed by atoms with Crippen molar-refractivity contribution < 1.29 is 9.32 Å². The lowest BCUT2D eigenvalue weighted by Gasteiger charge is -2.17. The van der Waals surface area contributed by atoms with E-state index in [1.54, 1.807) is 0 Å². The normalized spacial score (nSPS) is 22.2. The predicted molar refractivity (Wildman–Crippen MR) is 53.6 cm³/mol. The maximum absolute atomic E-state index is 10.9. The van der Waals surface area contributed by atoms with E-state index in [1.807, 2.05) is 11.8 Å². The van der Waals surface area contributed by atoms with Crippen LogP contribution in [0.25, 0.3) is 0 Å². The molecule has 1 aromatic heterocycles. The molecule has 1 saturated heterocycles. The minimum absolute atomic E-state index is 0.135. The molecule has 0 aromatic carbocycles. The highest BCUT2D eigenvalue weighted by Crippen LogP contribution is 2.29. The molecular weight excluding hydrogens is 200 g/mol. The van der Waals surface area contributed by atoms with E-state index < -0.39 is 0 Å². The number of hydrogen-bond donors (Lipinski definition) is 0. The van der Waals surface area contributed by atoms with Crippen molar-refractivity contribution in [2.75, 3.05) is 11.5 Å². The number of carbonyl (C=O) groups is 1. The molecule has 0 N–H and O–H groups in total. The fourth-order valence-electron chi connectivity index (χ4n) is 1.49. The van der Waals surface area contributed by atoms with Gasteiger partial charge in [-0.15, -0.1) is 0 Å². The summed E-state index contributed by atoms with van der Waals surface area (Å²) < 4.78 is 4.86. The molecule has 5 heteroatoms. The van der Waals surface area contributed by atoms with Crippen LogP contribution in [0.4, 0.5) is 0 Å².